The van der Waals surface area contributed by atoms with Gasteiger partial charge >= 0.3 is 0 Å². The van der Waals surface area contributed by atoms with Gasteiger partial charge in [-0.3, -0.25) is 10.1 Å². The summed E-state index contributed by atoms with van der Waals surface area (Å²) in [5.41, 5.74) is 0.167. The second kappa shape index (κ2) is 5.53. The molecule has 0 aliphatic rings. The summed E-state index contributed by atoms with van der Waals surface area (Å²) in [6, 6.07) is 4.60. The molecule has 1 N–H and O–H groups in total. The molecule has 0 radical (unpaired) electrons. The molecule has 0 unspecified atom stereocenters. The van der Waals surface area contributed by atoms with Crippen LogP contribution in [0.5, 0.6) is 0 Å². The second-order valence-electron chi connectivity index (χ2n) is 5.56. The molecule has 112 valence electrons. The predicted octanol–water partition coefficient (Wildman–Crippen LogP) is 2.86. The molecule has 1 heterocycles. The number of aromatic nitrogens is 3. The van der Waals surface area contributed by atoms with Crippen LogP contribution in [0.15, 0.2) is 22.7 Å². The van der Waals surface area contributed by atoms with Crippen molar-refractivity contribution >= 4 is 21.6 Å². The van der Waals surface area contributed by atoms with Crippen molar-refractivity contribution < 1.29 is 10.0 Å². The fraction of sp³-hybridized carbons (Fsp3) is 0.385. The lowest BCUT2D eigenvalue weighted by atomic mass is 10.1. The van der Waals surface area contributed by atoms with Crippen molar-refractivity contribution in [2.75, 3.05) is 0 Å². The molecule has 0 atom stereocenters. The number of nitro benzene ring substituents is 1. The van der Waals surface area contributed by atoms with Crippen molar-refractivity contribution in [1.29, 1.82) is 0 Å². The van der Waals surface area contributed by atoms with E-state index in [-0.39, 0.29) is 17.8 Å². The number of nitro groups is 1. The van der Waals surface area contributed by atoms with Gasteiger partial charge in [-0.15, -0.1) is 10.2 Å². The minimum absolute atomic E-state index is 0.0339. The van der Waals surface area contributed by atoms with Gasteiger partial charge in [-0.1, -0.05) is 15.9 Å². The van der Waals surface area contributed by atoms with Crippen molar-refractivity contribution in [3.8, 4) is 11.4 Å². The summed E-state index contributed by atoms with van der Waals surface area (Å²) in [4.78, 5) is 10.5. The largest absolute Gasteiger partial charge is 0.388 e. The third-order valence-corrected chi connectivity index (χ3v) is 3.35. The number of hydrogen-bond donors (Lipinski definition) is 1. The highest BCUT2D eigenvalue weighted by molar-refractivity contribution is 9.10. The molecule has 0 bridgehead atoms. The van der Waals surface area contributed by atoms with Crippen LogP contribution in [-0.2, 0) is 12.1 Å². The van der Waals surface area contributed by atoms with Crippen LogP contribution in [0.2, 0.25) is 0 Å². The Morgan fingerprint density at radius 3 is 2.52 bits per heavy atom. The summed E-state index contributed by atoms with van der Waals surface area (Å²) in [5.74, 6) is 0.899. The molecule has 1 aromatic carbocycles. The van der Waals surface area contributed by atoms with Gasteiger partial charge in [-0.2, -0.15) is 0 Å². The van der Waals surface area contributed by atoms with Gasteiger partial charge < -0.3 is 9.67 Å². The van der Waals surface area contributed by atoms with E-state index >= 15 is 0 Å². The van der Waals surface area contributed by atoms with Crippen LogP contribution in [0.1, 0.15) is 26.6 Å². The van der Waals surface area contributed by atoms with Crippen molar-refractivity contribution in [1.82, 2.24) is 14.8 Å². The highest BCUT2D eigenvalue weighted by atomic mass is 79.9. The standard InChI is InChI=1S/C13H15BrN4O3/c1-13(2,3)17-11(7-19)15-16-12(17)8-4-9(14)6-10(5-8)18(20)21/h4-6,19H,7H2,1-3H3. The SMILES string of the molecule is CC(C)(C)n1c(CO)nnc1-c1cc(Br)cc([N+](=O)[O-])c1. The van der Waals surface area contributed by atoms with Crippen LogP contribution in [0.4, 0.5) is 5.69 Å². The predicted molar refractivity (Wildman–Crippen MR) is 80.7 cm³/mol. The summed E-state index contributed by atoms with van der Waals surface area (Å²) in [6.07, 6.45) is 0. The lowest BCUT2D eigenvalue weighted by molar-refractivity contribution is -0.384. The minimum atomic E-state index is -0.459. The van der Waals surface area contributed by atoms with Gasteiger partial charge in [0.1, 0.15) is 6.61 Å². The quantitative estimate of drug-likeness (QED) is 0.675. The Morgan fingerprint density at radius 1 is 1.33 bits per heavy atom. The highest BCUT2D eigenvalue weighted by Gasteiger charge is 2.24. The Morgan fingerprint density at radius 2 is 2.00 bits per heavy atom. The maximum atomic E-state index is 11.0. The van der Waals surface area contributed by atoms with E-state index < -0.39 is 4.92 Å². The van der Waals surface area contributed by atoms with Crippen LogP contribution >= 0.6 is 15.9 Å². The van der Waals surface area contributed by atoms with Gasteiger partial charge in [-0.25, -0.2) is 0 Å². The number of aliphatic hydroxyl groups excluding tert-OH is 1. The molecule has 1 aromatic heterocycles. The number of nitrogens with zero attached hydrogens (tertiary/aromatic N) is 4. The van der Waals surface area contributed by atoms with Gasteiger partial charge in [0.25, 0.3) is 5.69 Å². The molecule has 2 rings (SSSR count). The monoisotopic (exact) mass is 354 g/mol. The van der Waals surface area contributed by atoms with Gasteiger partial charge in [0, 0.05) is 27.7 Å². The fourth-order valence-electron chi connectivity index (χ4n) is 2.12. The number of halogens is 1. The summed E-state index contributed by atoms with van der Waals surface area (Å²) >= 11 is 3.27. The first-order chi connectivity index (χ1) is 9.74. The van der Waals surface area contributed by atoms with Gasteiger partial charge in [-0.05, 0) is 26.8 Å². The second-order valence-corrected chi connectivity index (χ2v) is 6.48. The number of benzene rings is 1. The maximum absolute atomic E-state index is 11.0. The van der Waals surface area contributed by atoms with E-state index in [2.05, 4.69) is 26.1 Å². The van der Waals surface area contributed by atoms with Crippen LogP contribution in [0, 0.1) is 10.1 Å². The van der Waals surface area contributed by atoms with Crippen molar-refractivity contribution in [2.24, 2.45) is 0 Å². The third-order valence-electron chi connectivity index (χ3n) is 2.89. The fourth-order valence-corrected chi connectivity index (χ4v) is 2.60. The summed E-state index contributed by atoms with van der Waals surface area (Å²) in [5, 5.41) is 28.4. The normalized spacial score (nSPS) is 11.7. The Hall–Kier alpha value is -1.80. The average Bonchev–Trinajstić information content (AvgIpc) is 2.81. The maximum Gasteiger partial charge on any atom is 0.271 e. The Kier molecular flexibility index (Phi) is 4.11. The number of non-ortho nitro benzene ring substituents is 1. The molecular formula is C13H15BrN4O3. The van der Waals surface area contributed by atoms with Crippen LogP contribution in [0.3, 0.4) is 0 Å². The third kappa shape index (κ3) is 3.11. The highest BCUT2D eigenvalue weighted by Crippen LogP contribution is 2.31. The molecule has 0 spiro atoms. The lowest BCUT2D eigenvalue weighted by Gasteiger charge is -2.24. The molecule has 0 aliphatic carbocycles. The molecule has 0 saturated heterocycles. The zero-order valence-electron chi connectivity index (χ0n) is 11.9. The average molecular weight is 355 g/mol. The lowest BCUT2D eigenvalue weighted by Crippen LogP contribution is -2.25. The van der Waals surface area contributed by atoms with Crippen molar-refractivity contribution in [3.63, 3.8) is 0 Å². The van der Waals surface area contributed by atoms with E-state index in [1.54, 1.807) is 10.6 Å². The van der Waals surface area contributed by atoms with Crippen LogP contribution in [-0.4, -0.2) is 24.8 Å². The Balaban J connectivity index is 2.68. The first-order valence-electron chi connectivity index (χ1n) is 6.25. The van der Waals surface area contributed by atoms with E-state index in [1.165, 1.54) is 12.1 Å². The summed E-state index contributed by atoms with van der Waals surface area (Å²) in [7, 11) is 0. The van der Waals surface area contributed by atoms with Gasteiger partial charge in [0.2, 0.25) is 0 Å². The van der Waals surface area contributed by atoms with Crippen LogP contribution in [0.25, 0.3) is 11.4 Å². The van der Waals surface area contributed by atoms with Gasteiger partial charge in [0.15, 0.2) is 11.6 Å². The number of aliphatic hydroxyl groups is 1. The van der Waals surface area contributed by atoms with E-state index in [0.29, 0.717) is 21.7 Å². The zero-order valence-corrected chi connectivity index (χ0v) is 13.5. The van der Waals surface area contributed by atoms with E-state index in [4.69, 9.17) is 0 Å². The zero-order chi connectivity index (χ0) is 15.8. The Bertz CT molecular complexity index is 691. The Labute approximate surface area is 129 Å². The topological polar surface area (TPSA) is 94.1 Å². The summed E-state index contributed by atoms with van der Waals surface area (Å²) < 4.78 is 2.36. The molecule has 0 saturated carbocycles. The molecule has 2 aromatic rings. The minimum Gasteiger partial charge on any atom is -0.388 e. The molecular weight excluding hydrogens is 340 g/mol. The van der Waals surface area contributed by atoms with E-state index in [0.717, 1.165) is 0 Å². The molecule has 0 aliphatic heterocycles. The number of rotatable bonds is 3. The smallest absolute Gasteiger partial charge is 0.271 e. The number of hydrogen-bond acceptors (Lipinski definition) is 5. The molecule has 0 amide bonds. The summed E-state index contributed by atoms with van der Waals surface area (Å²) in [6.45, 7) is 5.60. The molecule has 0 fully saturated rings. The molecule has 7 nitrogen and oxygen atoms in total. The van der Waals surface area contributed by atoms with Crippen LogP contribution < -0.4 is 0 Å². The molecule has 21 heavy (non-hydrogen) atoms. The molecule has 8 heteroatoms. The van der Waals surface area contributed by atoms with E-state index in [1.807, 2.05) is 20.8 Å². The van der Waals surface area contributed by atoms with Crippen molar-refractivity contribution in [3.05, 3.63) is 38.6 Å². The first-order valence-corrected chi connectivity index (χ1v) is 7.04. The van der Waals surface area contributed by atoms with Gasteiger partial charge in [0.05, 0.1) is 4.92 Å². The van der Waals surface area contributed by atoms with E-state index in [9.17, 15) is 15.2 Å². The van der Waals surface area contributed by atoms with Crippen molar-refractivity contribution in [2.45, 2.75) is 32.9 Å². The first kappa shape index (κ1) is 15.6.